The van der Waals surface area contributed by atoms with E-state index in [1.807, 2.05) is 0 Å². The highest BCUT2D eigenvalue weighted by Crippen LogP contribution is 2.11. The lowest BCUT2D eigenvalue weighted by atomic mass is 10.00. The maximum absolute atomic E-state index is 5.52. The van der Waals surface area contributed by atoms with Gasteiger partial charge in [-0.15, -0.1) is 0 Å². The first-order valence-corrected chi connectivity index (χ1v) is 20.5. The van der Waals surface area contributed by atoms with Crippen LogP contribution in [0, 0.1) is 5.92 Å². The van der Waals surface area contributed by atoms with Crippen LogP contribution in [0.1, 0.15) is 221 Å². The van der Waals surface area contributed by atoms with E-state index in [-0.39, 0.29) is 0 Å². The van der Waals surface area contributed by atoms with E-state index in [2.05, 4.69) is 41.5 Å². The fourth-order valence-corrected chi connectivity index (χ4v) is 4.67. The molecule has 0 rings (SSSR count). The second-order valence-corrected chi connectivity index (χ2v) is 12.9. The van der Waals surface area contributed by atoms with Crippen LogP contribution in [0.4, 0.5) is 0 Å². The molecule has 1 atom stereocenters. The summed E-state index contributed by atoms with van der Waals surface area (Å²) in [7, 11) is 0. The lowest BCUT2D eigenvalue weighted by Gasteiger charge is -2.09. The first-order valence-electron chi connectivity index (χ1n) is 20.5. The van der Waals surface area contributed by atoms with E-state index in [0.29, 0.717) is 0 Å². The monoisotopic (exact) mass is 646 g/mol. The van der Waals surface area contributed by atoms with Crippen LogP contribution in [-0.2, 0) is 0 Å². The van der Waals surface area contributed by atoms with Gasteiger partial charge in [0.15, 0.2) is 0 Å². The third-order valence-electron chi connectivity index (χ3n) is 8.11. The second-order valence-electron chi connectivity index (χ2n) is 12.9. The van der Waals surface area contributed by atoms with Gasteiger partial charge in [-0.05, 0) is 70.7 Å². The molecule has 0 aromatic heterocycles. The SMILES string of the molecule is CCCCC(CC)CN.CCCCCCCCCCCCN.CCCCCCCCCCN.CCCCCCN.CCCCN. The molecular weight excluding hydrogens is 550 g/mol. The van der Waals surface area contributed by atoms with Crippen molar-refractivity contribution < 1.29 is 0 Å². The molecular formula is C40H95N5. The minimum atomic E-state index is 0.782. The summed E-state index contributed by atoms with van der Waals surface area (Å²) in [6, 6.07) is 0. The van der Waals surface area contributed by atoms with Crippen LogP contribution in [0.3, 0.4) is 0 Å². The van der Waals surface area contributed by atoms with E-state index in [1.54, 1.807) is 0 Å². The maximum Gasteiger partial charge on any atom is -0.00490 e. The van der Waals surface area contributed by atoms with Gasteiger partial charge in [-0.1, -0.05) is 189 Å². The Morgan fingerprint density at radius 2 is 0.533 bits per heavy atom. The van der Waals surface area contributed by atoms with Crippen molar-refractivity contribution in [2.45, 2.75) is 221 Å². The Kier molecular flexibility index (Phi) is 75.5. The zero-order valence-corrected chi connectivity index (χ0v) is 32.8. The Labute approximate surface area is 288 Å². The summed E-state index contributed by atoms with van der Waals surface area (Å²) in [5.41, 5.74) is 26.7. The van der Waals surface area contributed by atoms with Gasteiger partial charge in [0.05, 0.1) is 0 Å². The Morgan fingerprint density at radius 3 is 0.733 bits per heavy atom. The fourth-order valence-electron chi connectivity index (χ4n) is 4.67. The van der Waals surface area contributed by atoms with Gasteiger partial charge in [-0.3, -0.25) is 0 Å². The fraction of sp³-hybridized carbons (Fsp3) is 1.00. The van der Waals surface area contributed by atoms with Gasteiger partial charge in [0.25, 0.3) is 0 Å². The van der Waals surface area contributed by atoms with Crippen molar-refractivity contribution >= 4 is 0 Å². The first kappa shape index (κ1) is 54.3. The van der Waals surface area contributed by atoms with Crippen molar-refractivity contribution in [3.63, 3.8) is 0 Å². The van der Waals surface area contributed by atoms with Crippen molar-refractivity contribution in [1.82, 2.24) is 0 Å². The number of hydrogen-bond acceptors (Lipinski definition) is 5. The molecule has 0 bridgehead atoms. The maximum atomic E-state index is 5.52. The van der Waals surface area contributed by atoms with Gasteiger partial charge in [-0.2, -0.15) is 0 Å². The summed E-state index contributed by atoms with van der Waals surface area (Å²) in [6.45, 7) is 17.6. The van der Waals surface area contributed by atoms with Crippen LogP contribution in [-0.4, -0.2) is 32.7 Å². The lowest BCUT2D eigenvalue weighted by Crippen LogP contribution is -2.12. The average molecular weight is 646 g/mol. The summed E-state index contributed by atoms with van der Waals surface area (Å²) in [5, 5.41) is 0. The van der Waals surface area contributed by atoms with Crippen molar-refractivity contribution in [1.29, 1.82) is 0 Å². The van der Waals surface area contributed by atoms with E-state index in [0.717, 1.165) is 38.6 Å². The van der Waals surface area contributed by atoms with Crippen molar-refractivity contribution in [3.05, 3.63) is 0 Å². The van der Waals surface area contributed by atoms with Crippen LogP contribution in [0.2, 0.25) is 0 Å². The van der Waals surface area contributed by atoms with Gasteiger partial charge >= 0.3 is 0 Å². The largest absolute Gasteiger partial charge is 0.330 e. The molecule has 280 valence electrons. The Balaban J connectivity index is -0.000000153. The minimum absolute atomic E-state index is 0.782. The van der Waals surface area contributed by atoms with Crippen LogP contribution in [0.5, 0.6) is 0 Å². The molecule has 0 saturated heterocycles. The van der Waals surface area contributed by atoms with Crippen molar-refractivity contribution in [3.8, 4) is 0 Å². The topological polar surface area (TPSA) is 130 Å². The highest BCUT2D eigenvalue weighted by Gasteiger charge is 2.00. The second kappa shape index (κ2) is 62.6. The predicted octanol–water partition coefficient (Wildman–Crippen LogP) is 11.4. The van der Waals surface area contributed by atoms with Gasteiger partial charge in [-0.25, -0.2) is 0 Å². The zero-order chi connectivity index (χ0) is 34.9. The molecule has 1 unspecified atom stereocenters. The number of rotatable bonds is 29. The third kappa shape index (κ3) is 75.7. The molecule has 0 aliphatic carbocycles. The van der Waals surface area contributed by atoms with Crippen LogP contribution in [0.25, 0.3) is 0 Å². The van der Waals surface area contributed by atoms with Crippen LogP contribution in [0.15, 0.2) is 0 Å². The van der Waals surface area contributed by atoms with E-state index in [4.69, 9.17) is 28.7 Å². The predicted molar refractivity (Wildman–Crippen MR) is 212 cm³/mol. The van der Waals surface area contributed by atoms with Gasteiger partial charge in [0.1, 0.15) is 0 Å². The Morgan fingerprint density at radius 1 is 0.289 bits per heavy atom. The Bertz CT molecular complexity index is 367. The third-order valence-corrected chi connectivity index (χ3v) is 8.11. The molecule has 5 nitrogen and oxygen atoms in total. The van der Waals surface area contributed by atoms with Crippen molar-refractivity contribution in [2.75, 3.05) is 32.7 Å². The first-order chi connectivity index (χ1) is 22.0. The number of nitrogens with two attached hydrogens (primary N) is 5. The highest BCUT2D eigenvalue weighted by atomic mass is 14.5. The zero-order valence-electron chi connectivity index (χ0n) is 32.8. The molecule has 0 aliphatic heterocycles. The average Bonchev–Trinajstić information content (AvgIpc) is 3.06. The smallest absolute Gasteiger partial charge is 0.00490 e. The van der Waals surface area contributed by atoms with E-state index < -0.39 is 0 Å². The van der Waals surface area contributed by atoms with E-state index in [1.165, 1.54) is 180 Å². The molecule has 10 N–H and O–H groups in total. The standard InChI is InChI=1S/C12H27N.C10H23N.C8H19N.C6H15N.C4H11N/c1-2-3-4-5-6-7-8-9-10-11-12-13;1-2-3-4-5-6-7-8-9-10-11;1-3-5-6-8(4-2)7-9;1-2-3-4-5-6-7;1-2-3-4-5/h2-13H2,1H3;2-11H2,1H3;8H,3-7,9H2,1-2H3;2-7H2,1H3;2-5H2,1H3. The van der Waals surface area contributed by atoms with Crippen molar-refractivity contribution in [2.24, 2.45) is 34.6 Å². The Hall–Kier alpha value is -0.200. The summed E-state index contributed by atoms with van der Waals surface area (Å²) >= 11 is 0. The molecule has 5 heteroatoms. The molecule has 0 spiro atoms. The summed E-state index contributed by atoms with van der Waals surface area (Å²) in [4.78, 5) is 0. The molecule has 0 aromatic carbocycles. The normalized spacial score (nSPS) is 10.7. The van der Waals surface area contributed by atoms with E-state index >= 15 is 0 Å². The van der Waals surface area contributed by atoms with Gasteiger partial charge in [0.2, 0.25) is 0 Å². The molecule has 0 radical (unpaired) electrons. The molecule has 0 fully saturated rings. The molecule has 0 aromatic rings. The molecule has 0 saturated carbocycles. The minimum Gasteiger partial charge on any atom is -0.330 e. The molecule has 45 heavy (non-hydrogen) atoms. The van der Waals surface area contributed by atoms with Crippen LogP contribution < -0.4 is 28.7 Å². The quantitative estimate of drug-likeness (QED) is 0.0516. The van der Waals surface area contributed by atoms with Gasteiger partial charge < -0.3 is 28.7 Å². The number of hydrogen-bond donors (Lipinski definition) is 5. The number of unbranched alkanes of at least 4 members (excludes halogenated alkanes) is 21. The summed E-state index contributed by atoms with van der Waals surface area (Å²) in [5.74, 6) is 0.782. The summed E-state index contributed by atoms with van der Waals surface area (Å²) < 4.78 is 0. The lowest BCUT2D eigenvalue weighted by molar-refractivity contribution is 0.461. The van der Waals surface area contributed by atoms with E-state index in [9.17, 15) is 0 Å². The summed E-state index contributed by atoms with van der Waals surface area (Å²) in [6.07, 6.45) is 37.7. The highest BCUT2D eigenvalue weighted by molar-refractivity contribution is 4.56. The van der Waals surface area contributed by atoms with Crippen LogP contribution >= 0.6 is 0 Å². The molecule has 0 amide bonds. The molecule has 0 aliphatic rings. The van der Waals surface area contributed by atoms with Gasteiger partial charge in [0, 0.05) is 0 Å². The molecule has 0 heterocycles.